The van der Waals surface area contributed by atoms with Crippen LogP contribution in [0.3, 0.4) is 0 Å². The number of nitrogens with zero attached hydrogens (tertiary/aromatic N) is 1. The summed E-state index contributed by atoms with van der Waals surface area (Å²) in [6, 6.07) is 7.57. The third kappa shape index (κ3) is 6.29. The van der Waals surface area contributed by atoms with Gasteiger partial charge in [0, 0.05) is 18.8 Å². The van der Waals surface area contributed by atoms with Crippen LogP contribution in [-0.2, 0) is 9.53 Å². The summed E-state index contributed by atoms with van der Waals surface area (Å²) in [7, 11) is 0. The van der Waals surface area contributed by atoms with Crippen LogP contribution in [0.5, 0.6) is 5.75 Å². The molecule has 0 saturated carbocycles. The van der Waals surface area contributed by atoms with Crippen LogP contribution in [0.4, 0.5) is 5.69 Å². The van der Waals surface area contributed by atoms with E-state index in [9.17, 15) is 4.79 Å². The van der Waals surface area contributed by atoms with Crippen molar-refractivity contribution < 1.29 is 14.3 Å². The maximum absolute atomic E-state index is 12.6. The fourth-order valence-electron chi connectivity index (χ4n) is 3.43. The van der Waals surface area contributed by atoms with E-state index in [4.69, 9.17) is 9.47 Å². The third-order valence-electron chi connectivity index (χ3n) is 4.87. The molecule has 0 aliphatic carbocycles. The van der Waals surface area contributed by atoms with Crippen LogP contribution in [-0.4, -0.2) is 49.3 Å². The molecule has 1 N–H and O–H groups in total. The zero-order chi connectivity index (χ0) is 18.8. The molecule has 0 bridgehead atoms. The van der Waals surface area contributed by atoms with Crippen molar-refractivity contribution in [3.8, 4) is 5.75 Å². The summed E-state index contributed by atoms with van der Waals surface area (Å²) in [5.74, 6) is 0.742. The van der Waals surface area contributed by atoms with Crippen LogP contribution < -0.4 is 10.1 Å². The Bertz CT molecular complexity index is 533. The molecule has 1 heterocycles. The fraction of sp³-hybridized carbons (Fsp3) is 0.667. The number of hydrogen-bond donors (Lipinski definition) is 1. The quantitative estimate of drug-likeness (QED) is 0.603. The molecule has 1 fully saturated rings. The van der Waals surface area contributed by atoms with Gasteiger partial charge in [-0.3, -0.25) is 4.79 Å². The van der Waals surface area contributed by atoms with Gasteiger partial charge in [0.1, 0.15) is 11.4 Å². The lowest BCUT2D eigenvalue weighted by atomic mass is 9.99. The molecule has 1 aromatic rings. The van der Waals surface area contributed by atoms with Gasteiger partial charge in [-0.15, -0.1) is 0 Å². The van der Waals surface area contributed by atoms with Crippen LogP contribution in [0.1, 0.15) is 52.9 Å². The van der Waals surface area contributed by atoms with Gasteiger partial charge in [-0.25, -0.2) is 0 Å². The normalized spacial score (nSPS) is 17.0. The lowest BCUT2D eigenvalue weighted by Gasteiger charge is -2.27. The van der Waals surface area contributed by atoms with Crippen molar-refractivity contribution in [3.63, 3.8) is 0 Å². The van der Waals surface area contributed by atoms with Crippen LogP contribution in [0.15, 0.2) is 24.3 Å². The first kappa shape index (κ1) is 20.7. The lowest BCUT2D eigenvalue weighted by molar-refractivity contribution is -0.139. The molecule has 1 aliphatic rings. The average Bonchev–Trinajstić information content (AvgIpc) is 3.14. The second-order valence-electron chi connectivity index (χ2n) is 7.14. The number of carbonyl (C=O) groups excluding carboxylic acids is 1. The Kier molecular flexibility index (Phi) is 8.39. The van der Waals surface area contributed by atoms with Gasteiger partial charge in [-0.05, 0) is 76.9 Å². The van der Waals surface area contributed by atoms with Crippen LogP contribution in [0.25, 0.3) is 0 Å². The zero-order valence-corrected chi connectivity index (χ0v) is 16.6. The van der Waals surface area contributed by atoms with E-state index in [1.54, 1.807) is 0 Å². The molecule has 1 amide bonds. The van der Waals surface area contributed by atoms with Crippen LogP contribution >= 0.6 is 0 Å². The van der Waals surface area contributed by atoms with E-state index in [1.165, 1.54) is 25.9 Å². The van der Waals surface area contributed by atoms with E-state index >= 15 is 0 Å². The van der Waals surface area contributed by atoms with Crippen molar-refractivity contribution in [3.05, 3.63) is 24.3 Å². The highest BCUT2D eigenvalue weighted by Gasteiger charge is 2.32. The van der Waals surface area contributed by atoms with Gasteiger partial charge in [-0.2, -0.15) is 0 Å². The Morgan fingerprint density at radius 3 is 2.50 bits per heavy atom. The van der Waals surface area contributed by atoms with Gasteiger partial charge in [0.2, 0.25) is 0 Å². The first-order valence-corrected chi connectivity index (χ1v) is 9.98. The summed E-state index contributed by atoms with van der Waals surface area (Å²) in [4.78, 5) is 15.1. The van der Waals surface area contributed by atoms with Gasteiger partial charge < -0.3 is 19.7 Å². The van der Waals surface area contributed by atoms with E-state index < -0.39 is 5.60 Å². The minimum atomic E-state index is -0.783. The Balaban J connectivity index is 1.77. The van der Waals surface area contributed by atoms with E-state index in [0.29, 0.717) is 13.0 Å². The van der Waals surface area contributed by atoms with Crippen molar-refractivity contribution in [2.75, 3.05) is 38.2 Å². The highest BCUT2D eigenvalue weighted by Crippen LogP contribution is 2.22. The van der Waals surface area contributed by atoms with Crippen molar-refractivity contribution in [1.82, 2.24) is 4.90 Å². The molecule has 146 valence electrons. The molecule has 0 spiro atoms. The van der Waals surface area contributed by atoms with Gasteiger partial charge in [0.15, 0.2) is 0 Å². The van der Waals surface area contributed by atoms with Crippen molar-refractivity contribution in [1.29, 1.82) is 0 Å². The second kappa shape index (κ2) is 10.5. The maximum atomic E-state index is 12.6. The van der Waals surface area contributed by atoms with Crippen molar-refractivity contribution >= 4 is 11.6 Å². The van der Waals surface area contributed by atoms with Crippen LogP contribution in [0.2, 0.25) is 0 Å². The number of rotatable bonds is 11. The maximum Gasteiger partial charge on any atom is 0.256 e. The fourth-order valence-corrected chi connectivity index (χ4v) is 3.43. The number of hydrogen-bond acceptors (Lipinski definition) is 4. The summed E-state index contributed by atoms with van der Waals surface area (Å²) < 4.78 is 11.5. The number of carbonyl (C=O) groups is 1. The molecule has 1 saturated heterocycles. The molecule has 2 rings (SSSR count). The number of amides is 1. The number of nitrogens with one attached hydrogen (secondary N) is 1. The van der Waals surface area contributed by atoms with E-state index in [-0.39, 0.29) is 5.91 Å². The Morgan fingerprint density at radius 1 is 1.19 bits per heavy atom. The molecule has 1 atom stereocenters. The molecule has 0 radical (unpaired) electrons. The molecule has 5 nitrogen and oxygen atoms in total. The van der Waals surface area contributed by atoms with E-state index in [1.807, 2.05) is 38.1 Å². The molecule has 0 unspecified atom stereocenters. The summed E-state index contributed by atoms with van der Waals surface area (Å²) >= 11 is 0. The van der Waals surface area contributed by atoms with Crippen molar-refractivity contribution in [2.45, 2.75) is 58.5 Å². The largest absolute Gasteiger partial charge is 0.494 e. The standard InChI is InChI=1S/C21H34N2O3/c1-4-13-21(3,26-5-2)20(24)22-18-9-11-19(12-10-18)25-17-8-16-23-14-6-7-15-23/h9-12H,4-8,13-17H2,1-3H3,(H,22,24)/t21-/m1/s1. The number of likely N-dealkylation sites (tertiary alicyclic amines) is 1. The lowest BCUT2D eigenvalue weighted by Crippen LogP contribution is -2.42. The smallest absolute Gasteiger partial charge is 0.256 e. The van der Waals surface area contributed by atoms with E-state index in [0.717, 1.165) is 37.4 Å². The minimum absolute atomic E-state index is 0.0968. The second-order valence-corrected chi connectivity index (χ2v) is 7.14. The Morgan fingerprint density at radius 2 is 1.88 bits per heavy atom. The molecular formula is C21H34N2O3. The zero-order valence-electron chi connectivity index (χ0n) is 16.6. The van der Waals surface area contributed by atoms with Crippen LogP contribution in [0, 0.1) is 0 Å². The van der Waals surface area contributed by atoms with Gasteiger partial charge >= 0.3 is 0 Å². The molecule has 1 aromatic carbocycles. The highest BCUT2D eigenvalue weighted by atomic mass is 16.5. The number of anilines is 1. The summed E-state index contributed by atoms with van der Waals surface area (Å²) in [5.41, 5.74) is -0.0183. The van der Waals surface area contributed by atoms with Crippen molar-refractivity contribution in [2.24, 2.45) is 0 Å². The van der Waals surface area contributed by atoms with Gasteiger partial charge in [0.05, 0.1) is 6.61 Å². The number of benzene rings is 1. The molecule has 0 aromatic heterocycles. The monoisotopic (exact) mass is 362 g/mol. The predicted molar refractivity (Wildman–Crippen MR) is 106 cm³/mol. The third-order valence-corrected chi connectivity index (χ3v) is 4.87. The highest BCUT2D eigenvalue weighted by molar-refractivity contribution is 5.97. The molecular weight excluding hydrogens is 328 g/mol. The topological polar surface area (TPSA) is 50.8 Å². The summed E-state index contributed by atoms with van der Waals surface area (Å²) in [6.45, 7) is 10.6. The Hall–Kier alpha value is -1.59. The van der Waals surface area contributed by atoms with E-state index in [2.05, 4.69) is 17.1 Å². The predicted octanol–water partition coefficient (Wildman–Crippen LogP) is 4.09. The van der Waals surface area contributed by atoms with Gasteiger partial charge in [0.25, 0.3) is 5.91 Å². The Labute approximate surface area is 158 Å². The summed E-state index contributed by atoms with van der Waals surface area (Å²) in [5, 5.41) is 2.96. The average molecular weight is 363 g/mol. The van der Waals surface area contributed by atoms with Gasteiger partial charge in [-0.1, -0.05) is 13.3 Å². The SMILES string of the molecule is CCC[C@@](C)(OCC)C(=O)Nc1ccc(OCCCN2CCCC2)cc1. The summed E-state index contributed by atoms with van der Waals surface area (Å²) in [6.07, 6.45) is 5.30. The first-order valence-electron chi connectivity index (χ1n) is 9.98. The first-order chi connectivity index (χ1) is 12.6. The molecule has 1 aliphatic heterocycles. The number of ether oxygens (including phenoxy) is 2. The minimum Gasteiger partial charge on any atom is -0.494 e. The molecule has 26 heavy (non-hydrogen) atoms. The molecule has 5 heteroatoms.